The first kappa shape index (κ1) is 69.2. The number of nitrogens with one attached hydrogen (secondary N) is 1. The lowest BCUT2D eigenvalue weighted by molar-refractivity contribution is -0.870. The Hall–Kier alpha value is -2.84. The van der Waals surface area contributed by atoms with Crippen LogP contribution in [-0.4, -0.2) is 68.5 Å². The number of aliphatic hydroxyl groups excluding tert-OH is 1. The van der Waals surface area contributed by atoms with E-state index in [0.29, 0.717) is 17.4 Å². The fourth-order valence-corrected chi connectivity index (χ4v) is 8.62. The summed E-state index contributed by atoms with van der Waals surface area (Å²) in [6.07, 6.45) is 77.4. The van der Waals surface area contributed by atoms with Crippen LogP contribution in [-0.2, 0) is 18.4 Å². The van der Waals surface area contributed by atoms with Gasteiger partial charge in [-0.1, -0.05) is 239 Å². The van der Waals surface area contributed by atoms with E-state index < -0.39 is 26.6 Å². The van der Waals surface area contributed by atoms with E-state index in [4.69, 9.17) is 9.05 Å². The van der Waals surface area contributed by atoms with Crippen molar-refractivity contribution < 1.29 is 32.9 Å². The first-order valence-electron chi connectivity index (χ1n) is 29.2. The van der Waals surface area contributed by atoms with Crippen molar-refractivity contribution in [2.24, 2.45) is 0 Å². The van der Waals surface area contributed by atoms with Gasteiger partial charge >= 0.3 is 0 Å². The summed E-state index contributed by atoms with van der Waals surface area (Å²) in [5.74, 6) is -0.224. The highest BCUT2D eigenvalue weighted by Gasteiger charge is 2.23. The summed E-state index contributed by atoms with van der Waals surface area (Å²) in [6.45, 7) is 4.50. The Labute approximate surface area is 444 Å². The minimum atomic E-state index is -4.62. The van der Waals surface area contributed by atoms with Gasteiger partial charge in [0.1, 0.15) is 13.2 Å². The van der Waals surface area contributed by atoms with Gasteiger partial charge in [-0.2, -0.15) is 0 Å². The molecular weight excluding hydrogens is 912 g/mol. The largest absolute Gasteiger partial charge is 0.756 e. The van der Waals surface area contributed by atoms with Gasteiger partial charge in [0.2, 0.25) is 5.91 Å². The maximum atomic E-state index is 13.0. The highest BCUT2D eigenvalue weighted by atomic mass is 31.2. The predicted molar refractivity (Wildman–Crippen MR) is 311 cm³/mol. The van der Waals surface area contributed by atoms with Gasteiger partial charge in [0, 0.05) is 6.42 Å². The molecule has 0 aromatic rings. The van der Waals surface area contributed by atoms with Crippen LogP contribution >= 0.6 is 7.82 Å². The molecule has 0 saturated heterocycles. The van der Waals surface area contributed by atoms with Crippen LogP contribution < -0.4 is 10.2 Å². The smallest absolute Gasteiger partial charge is 0.268 e. The Morgan fingerprint density at radius 2 is 0.861 bits per heavy atom. The zero-order valence-electron chi connectivity index (χ0n) is 47.1. The summed E-state index contributed by atoms with van der Waals surface area (Å²) in [5, 5.41) is 13.9. The molecule has 72 heavy (non-hydrogen) atoms. The van der Waals surface area contributed by atoms with Crippen molar-refractivity contribution in [2.75, 3.05) is 40.9 Å². The number of phosphoric ester groups is 1. The van der Waals surface area contributed by atoms with Gasteiger partial charge in [-0.15, -0.1) is 0 Å². The van der Waals surface area contributed by atoms with Crippen molar-refractivity contribution in [2.45, 2.75) is 244 Å². The molecule has 2 N–H and O–H groups in total. The van der Waals surface area contributed by atoms with E-state index in [9.17, 15) is 19.4 Å². The number of amides is 1. The van der Waals surface area contributed by atoms with Crippen molar-refractivity contribution in [3.8, 4) is 0 Å². The SMILES string of the molecule is CC/C=C\C/C=C\C/C=C\C/C=C\C/C=C\C/C=C\CCCCCCCCCCC(=O)NC(COP(=O)([O-])OCC[N+](C)(C)C)C(O)/C=C/CC/C=C/CC/C=C/CCCCCCCCCCCCCCC. The quantitative estimate of drug-likeness (QED) is 0.0272. The molecule has 0 aliphatic rings. The van der Waals surface area contributed by atoms with Crippen LogP contribution in [0.15, 0.2) is 109 Å². The molecule has 3 atom stereocenters. The second-order valence-corrected chi connectivity index (χ2v) is 22.0. The van der Waals surface area contributed by atoms with E-state index in [1.165, 1.54) is 116 Å². The zero-order chi connectivity index (χ0) is 52.7. The van der Waals surface area contributed by atoms with Crippen molar-refractivity contribution in [3.05, 3.63) is 109 Å². The van der Waals surface area contributed by atoms with E-state index in [0.717, 1.165) is 96.3 Å². The molecule has 0 bridgehead atoms. The molecule has 0 aromatic carbocycles. The lowest BCUT2D eigenvalue weighted by Gasteiger charge is -2.29. The molecule has 0 heterocycles. The van der Waals surface area contributed by atoms with E-state index in [2.05, 4.69) is 116 Å². The third-order valence-corrected chi connectivity index (χ3v) is 13.4. The highest BCUT2D eigenvalue weighted by Crippen LogP contribution is 2.38. The number of unbranched alkanes of at least 4 members (excludes halogenated alkanes) is 23. The minimum absolute atomic E-state index is 0.0165. The lowest BCUT2D eigenvalue weighted by atomic mass is 10.0. The maximum absolute atomic E-state index is 13.0. The third-order valence-electron chi connectivity index (χ3n) is 12.4. The second-order valence-electron chi connectivity index (χ2n) is 20.6. The monoisotopic (exact) mass is 1020 g/mol. The van der Waals surface area contributed by atoms with Crippen LogP contribution in [0.1, 0.15) is 232 Å². The molecule has 3 unspecified atom stereocenters. The average molecular weight is 1020 g/mol. The van der Waals surface area contributed by atoms with Crippen LogP contribution in [0.4, 0.5) is 0 Å². The van der Waals surface area contributed by atoms with Crippen molar-refractivity contribution >= 4 is 13.7 Å². The van der Waals surface area contributed by atoms with Gasteiger partial charge in [0.15, 0.2) is 0 Å². The molecule has 0 aliphatic heterocycles. The van der Waals surface area contributed by atoms with Gasteiger partial charge < -0.3 is 28.8 Å². The number of allylic oxidation sites excluding steroid dienone is 17. The number of carbonyl (C=O) groups excluding carboxylic acids is 1. The Bertz CT molecular complexity index is 1540. The number of carbonyl (C=O) groups is 1. The number of rotatable bonds is 52. The van der Waals surface area contributed by atoms with E-state index >= 15 is 0 Å². The molecule has 0 fully saturated rings. The Balaban J connectivity index is 4.33. The van der Waals surface area contributed by atoms with Crippen LogP contribution in [0.5, 0.6) is 0 Å². The third kappa shape index (κ3) is 54.9. The fraction of sp³-hybridized carbons (Fsp3) is 0.698. The first-order valence-corrected chi connectivity index (χ1v) is 30.7. The summed E-state index contributed by atoms with van der Waals surface area (Å²) in [5.41, 5.74) is 0. The number of likely N-dealkylation sites (N-methyl/N-ethyl adjacent to an activating group) is 1. The summed E-state index contributed by atoms with van der Waals surface area (Å²) < 4.78 is 23.3. The highest BCUT2D eigenvalue weighted by molar-refractivity contribution is 7.45. The van der Waals surface area contributed by atoms with Gasteiger partial charge in [0.05, 0.1) is 39.9 Å². The van der Waals surface area contributed by atoms with Crippen LogP contribution in [0.25, 0.3) is 0 Å². The molecule has 0 radical (unpaired) electrons. The predicted octanol–water partition coefficient (Wildman–Crippen LogP) is 17.3. The Morgan fingerprint density at radius 3 is 1.29 bits per heavy atom. The molecule has 8 nitrogen and oxygen atoms in total. The zero-order valence-corrected chi connectivity index (χ0v) is 48.0. The molecule has 0 saturated carbocycles. The molecule has 414 valence electrons. The van der Waals surface area contributed by atoms with E-state index in [1.807, 2.05) is 27.2 Å². The summed E-state index contributed by atoms with van der Waals surface area (Å²) >= 11 is 0. The molecule has 0 rings (SSSR count). The summed E-state index contributed by atoms with van der Waals surface area (Å²) in [4.78, 5) is 25.5. The lowest BCUT2D eigenvalue weighted by Crippen LogP contribution is -2.45. The van der Waals surface area contributed by atoms with Crippen molar-refractivity contribution in [1.82, 2.24) is 5.32 Å². The fourth-order valence-electron chi connectivity index (χ4n) is 7.89. The van der Waals surface area contributed by atoms with Gasteiger partial charge in [-0.25, -0.2) is 0 Å². The number of nitrogens with zero attached hydrogens (tertiary/aromatic N) is 1. The van der Waals surface area contributed by atoms with Gasteiger partial charge in [-0.3, -0.25) is 9.36 Å². The average Bonchev–Trinajstić information content (AvgIpc) is 3.34. The summed E-state index contributed by atoms with van der Waals surface area (Å²) in [6, 6.07) is -0.923. The molecular formula is C63H111N2O6P. The molecule has 9 heteroatoms. The Morgan fingerprint density at radius 1 is 0.500 bits per heavy atom. The molecule has 0 aliphatic carbocycles. The number of phosphoric acid groups is 1. The number of aliphatic hydroxyl groups is 1. The second kappa shape index (κ2) is 53.0. The molecule has 0 spiro atoms. The van der Waals surface area contributed by atoms with E-state index in [1.54, 1.807) is 6.08 Å². The number of quaternary nitrogens is 1. The normalized spacial score (nSPS) is 14.7. The Kier molecular flexibility index (Phi) is 50.9. The number of hydrogen-bond donors (Lipinski definition) is 2. The van der Waals surface area contributed by atoms with Crippen LogP contribution in [0.2, 0.25) is 0 Å². The van der Waals surface area contributed by atoms with Crippen molar-refractivity contribution in [3.63, 3.8) is 0 Å². The maximum Gasteiger partial charge on any atom is 0.268 e. The van der Waals surface area contributed by atoms with Gasteiger partial charge in [0.25, 0.3) is 7.82 Å². The van der Waals surface area contributed by atoms with E-state index in [-0.39, 0.29) is 12.5 Å². The van der Waals surface area contributed by atoms with Crippen molar-refractivity contribution in [1.29, 1.82) is 0 Å². The van der Waals surface area contributed by atoms with Gasteiger partial charge in [-0.05, 0) is 96.3 Å². The van der Waals surface area contributed by atoms with Crippen LogP contribution in [0, 0.1) is 0 Å². The topological polar surface area (TPSA) is 108 Å². The number of hydrogen-bond acceptors (Lipinski definition) is 6. The first-order chi connectivity index (χ1) is 35.0. The van der Waals surface area contributed by atoms with Crippen LogP contribution in [0.3, 0.4) is 0 Å². The molecule has 0 aromatic heterocycles. The standard InChI is InChI=1S/C63H111N2O6P/c1-6-8-10-12-14-16-18-20-22-24-26-28-30-31-32-33-35-37-39-41-43-45-47-49-51-53-55-57-63(67)64-61(60-71-72(68,69)70-59-58-65(3,4)5)62(66)56-54-52-50-48-46-44-42-40-38-36-34-29-27-25-23-21-19-17-15-13-11-9-7-2/h8,10,14,16,20,22,26,28,31-32,35,37-38,40,46,48,54,56,61-62,66H,6-7,9,11-13,15,17-19,21,23-25,27,29-30,33-34,36,39,41-45,47,49-53,55,57-60H2,1-5H3,(H-,64,67,68,69)/b10-8-,16-14-,22-20-,28-26-,32-31-,37-35-,40-38+,48-46+,56-54+. The minimum Gasteiger partial charge on any atom is -0.756 e. The molecule has 1 amide bonds. The summed E-state index contributed by atoms with van der Waals surface area (Å²) in [7, 11) is 1.21.